The number of benzene rings is 1. The fourth-order valence-electron chi connectivity index (χ4n) is 1.45. The zero-order valence-electron chi connectivity index (χ0n) is 10.3. The van der Waals surface area contributed by atoms with E-state index in [-0.39, 0.29) is 29.6 Å². The molecule has 0 fully saturated rings. The van der Waals surface area contributed by atoms with Gasteiger partial charge < -0.3 is 14.0 Å². The summed E-state index contributed by atoms with van der Waals surface area (Å²) >= 11 is 0. The molecule has 0 bridgehead atoms. The number of rotatable bonds is 4. The second-order valence-corrected chi connectivity index (χ2v) is 3.47. The lowest BCUT2D eigenvalue weighted by atomic mass is 10.2. The van der Waals surface area contributed by atoms with Crippen molar-refractivity contribution in [1.82, 2.24) is 10.1 Å². The first kappa shape index (κ1) is 13.0. The van der Waals surface area contributed by atoms with E-state index in [1.807, 2.05) is 0 Å². The Bertz CT molecular complexity index is 597. The fraction of sp³-hybridized carbons (Fsp3) is 0.250. The minimum atomic E-state index is -0.746. The van der Waals surface area contributed by atoms with Crippen LogP contribution < -0.4 is 4.74 Å². The van der Waals surface area contributed by atoms with Crippen LogP contribution in [-0.4, -0.2) is 29.8 Å². The van der Waals surface area contributed by atoms with Crippen LogP contribution in [0.25, 0.3) is 11.4 Å². The molecule has 6 nitrogen and oxygen atoms in total. The van der Waals surface area contributed by atoms with Gasteiger partial charge in [-0.1, -0.05) is 11.2 Å². The van der Waals surface area contributed by atoms with E-state index < -0.39 is 11.8 Å². The molecule has 1 heterocycles. The van der Waals surface area contributed by atoms with Crippen molar-refractivity contribution in [1.29, 1.82) is 0 Å². The van der Waals surface area contributed by atoms with Gasteiger partial charge in [-0.3, -0.25) is 0 Å². The molecule has 2 aromatic rings. The van der Waals surface area contributed by atoms with Crippen LogP contribution >= 0.6 is 0 Å². The highest BCUT2D eigenvalue weighted by atomic mass is 19.1. The van der Waals surface area contributed by atoms with E-state index in [4.69, 9.17) is 14.0 Å². The van der Waals surface area contributed by atoms with Crippen molar-refractivity contribution in [2.24, 2.45) is 0 Å². The third-order valence-corrected chi connectivity index (χ3v) is 2.30. The maximum atomic E-state index is 14.0. The fourth-order valence-corrected chi connectivity index (χ4v) is 1.45. The van der Waals surface area contributed by atoms with Gasteiger partial charge in [0.15, 0.2) is 11.6 Å². The average Bonchev–Trinajstić information content (AvgIpc) is 2.89. The maximum Gasteiger partial charge on any atom is 0.397 e. The Kier molecular flexibility index (Phi) is 3.74. The third kappa shape index (κ3) is 2.54. The van der Waals surface area contributed by atoms with Gasteiger partial charge in [-0.15, -0.1) is 0 Å². The standard InChI is InChI=1S/C12H11FN2O4/c1-3-18-12(16)11-14-10(15-19-11)7-5-4-6-8(17-2)9(7)13/h4-6H,3H2,1-2H3. The molecule has 1 aromatic heterocycles. The summed E-state index contributed by atoms with van der Waals surface area (Å²) in [6, 6.07) is 4.50. The van der Waals surface area contributed by atoms with E-state index in [2.05, 4.69) is 10.1 Å². The van der Waals surface area contributed by atoms with E-state index in [9.17, 15) is 9.18 Å². The van der Waals surface area contributed by atoms with Crippen molar-refractivity contribution in [3.8, 4) is 17.1 Å². The van der Waals surface area contributed by atoms with Gasteiger partial charge in [0.05, 0.1) is 19.3 Å². The number of halogens is 1. The molecule has 100 valence electrons. The van der Waals surface area contributed by atoms with Crippen LogP contribution in [0.15, 0.2) is 22.7 Å². The molecule has 0 N–H and O–H groups in total. The van der Waals surface area contributed by atoms with Crippen LogP contribution in [0.3, 0.4) is 0 Å². The van der Waals surface area contributed by atoms with E-state index in [0.29, 0.717) is 0 Å². The lowest BCUT2D eigenvalue weighted by Gasteiger charge is -2.03. The van der Waals surface area contributed by atoms with Crippen LogP contribution in [0.2, 0.25) is 0 Å². The Hall–Kier alpha value is -2.44. The molecule has 1 aromatic carbocycles. The summed E-state index contributed by atoms with van der Waals surface area (Å²) in [5.41, 5.74) is 0.0821. The van der Waals surface area contributed by atoms with Crippen molar-refractivity contribution >= 4 is 5.97 Å². The average molecular weight is 266 g/mol. The van der Waals surface area contributed by atoms with Crippen LogP contribution in [-0.2, 0) is 4.74 Å². The first-order valence-electron chi connectivity index (χ1n) is 5.51. The Morgan fingerprint density at radius 2 is 2.26 bits per heavy atom. The molecule has 0 amide bonds. The van der Waals surface area contributed by atoms with E-state index in [0.717, 1.165) is 0 Å². The van der Waals surface area contributed by atoms with Crippen LogP contribution in [0.1, 0.15) is 17.6 Å². The number of aromatic nitrogens is 2. The maximum absolute atomic E-state index is 14.0. The molecule has 0 atom stereocenters. The van der Waals surface area contributed by atoms with Crippen molar-refractivity contribution in [2.75, 3.05) is 13.7 Å². The first-order chi connectivity index (χ1) is 9.17. The molecule has 0 radical (unpaired) electrons. The topological polar surface area (TPSA) is 74.5 Å². The Labute approximate surface area is 108 Å². The van der Waals surface area contributed by atoms with Gasteiger partial charge in [0, 0.05) is 0 Å². The number of carbonyl (C=O) groups excluding carboxylic acids is 1. The monoisotopic (exact) mass is 266 g/mol. The Morgan fingerprint density at radius 3 is 2.95 bits per heavy atom. The molecule has 0 aliphatic carbocycles. The van der Waals surface area contributed by atoms with Gasteiger partial charge in [-0.2, -0.15) is 4.98 Å². The van der Waals surface area contributed by atoms with Crippen LogP contribution in [0.4, 0.5) is 4.39 Å². The zero-order chi connectivity index (χ0) is 13.8. The molecular weight excluding hydrogens is 255 g/mol. The van der Waals surface area contributed by atoms with Crippen molar-refractivity contribution in [3.05, 3.63) is 29.9 Å². The van der Waals surface area contributed by atoms with E-state index in [1.54, 1.807) is 13.0 Å². The van der Waals surface area contributed by atoms with Gasteiger partial charge in [-0.25, -0.2) is 9.18 Å². The lowest BCUT2D eigenvalue weighted by Crippen LogP contribution is -2.04. The summed E-state index contributed by atoms with van der Waals surface area (Å²) in [7, 11) is 1.35. The second kappa shape index (κ2) is 5.47. The summed E-state index contributed by atoms with van der Waals surface area (Å²) in [5.74, 6) is -1.68. The summed E-state index contributed by atoms with van der Waals surface area (Å²) in [6.45, 7) is 1.83. The smallest absolute Gasteiger partial charge is 0.397 e. The van der Waals surface area contributed by atoms with E-state index in [1.165, 1.54) is 19.2 Å². The van der Waals surface area contributed by atoms with Gasteiger partial charge in [0.2, 0.25) is 5.82 Å². The minimum Gasteiger partial charge on any atom is -0.494 e. The molecule has 0 spiro atoms. The predicted molar refractivity (Wildman–Crippen MR) is 62.2 cm³/mol. The molecule has 0 saturated carbocycles. The Balaban J connectivity index is 2.35. The predicted octanol–water partition coefficient (Wildman–Crippen LogP) is 2.06. The number of carbonyl (C=O) groups is 1. The van der Waals surface area contributed by atoms with Crippen LogP contribution in [0.5, 0.6) is 5.75 Å². The molecule has 7 heteroatoms. The third-order valence-electron chi connectivity index (χ3n) is 2.30. The van der Waals surface area contributed by atoms with Crippen molar-refractivity contribution < 1.29 is 23.2 Å². The van der Waals surface area contributed by atoms with E-state index >= 15 is 0 Å². The highest BCUT2D eigenvalue weighted by Crippen LogP contribution is 2.26. The molecule has 0 saturated heterocycles. The first-order valence-corrected chi connectivity index (χ1v) is 5.51. The highest BCUT2D eigenvalue weighted by molar-refractivity contribution is 5.84. The minimum absolute atomic E-state index is 0.0422. The summed E-state index contributed by atoms with van der Waals surface area (Å²) in [6.07, 6.45) is 0. The normalized spacial score (nSPS) is 10.3. The van der Waals surface area contributed by atoms with Crippen molar-refractivity contribution in [2.45, 2.75) is 6.92 Å². The molecule has 0 aliphatic rings. The number of ether oxygens (including phenoxy) is 2. The quantitative estimate of drug-likeness (QED) is 0.788. The Morgan fingerprint density at radius 1 is 1.47 bits per heavy atom. The number of hydrogen-bond acceptors (Lipinski definition) is 6. The van der Waals surface area contributed by atoms with Gasteiger partial charge in [-0.05, 0) is 19.1 Å². The number of nitrogens with zero attached hydrogens (tertiary/aromatic N) is 2. The molecule has 2 rings (SSSR count). The SMILES string of the molecule is CCOC(=O)c1nc(-c2cccc(OC)c2F)no1. The summed E-state index contributed by atoms with van der Waals surface area (Å²) < 4.78 is 28.2. The number of methoxy groups -OCH3 is 1. The van der Waals surface area contributed by atoms with Gasteiger partial charge >= 0.3 is 11.9 Å². The summed E-state index contributed by atoms with van der Waals surface area (Å²) in [4.78, 5) is 15.1. The summed E-state index contributed by atoms with van der Waals surface area (Å²) in [5, 5.41) is 3.54. The molecule has 0 aliphatic heterocycles. The largest absolute Gasteiger partial charge is 0.494 e. The number of hydrogen-bond donors (Lipinski definition) is 0. The van der Waals surface area contributed by atoms with Gasteiger partial charge in [0.25, 0.3) is 0 Å². The molecule has 19 heavy (non-hydrogen) atoms. The van der Waals surface area contributed by atoms with Gasteiger partial charge in [0.1, 0.15) is 0 Å². The zero-order valence-corrected chi connectivity index (χ0v) is 10.3. The highest BCUT2D eigenvalue weighted by Gasteiger charge is 2.20. The lowest BCUT2D eigenvalue weighted by molar-refractivity contribution is 0.0470. The van der Waals surface area contributed by atoms with Crippen molar-refractivity contribution in [3.63, 3.8) is 0 Å². The number of esters is 1. The molecule has 0 unspecified atom stereocenters. The second-order valence-electron chi connectivity index (χ2n) is 3.47. The molecular formula is C12H11FN2O4. The van der Waals surface area contributed by atoms with Crippen LogP contribution in [0, 0.1) is 5.82 Å².